The Morgan fingerprint density at radius 1 is 1.10 bits per heavy atom. The zero-order valence-electron chi connectivity index (χ0n) is 12.9. The first kappa shape index (κ1) is 14.3. The van der Waals surface area contributed by atoms with Crippen molar-refractivity contribution in [1.82, 2.24) is 5.32 Å². The Morgan fingerprint density at radius 2 is 1.90 bits per heavy atom. The second-order valence-corrected chi connectivity index (χ2v) is 5.76. The number of benzene rings is 2. The quantitative estimate of drug-likeness (QED) is 0.890. The summed E-state index contributed by atoms with van der Waals surface area (Å²) in [5.74, 6) is 0. The van der Waals surface area contributed by atoms with Gasteiger partial charge in [0.05, 0.1) is 19.3 Å². The molecule has 0 spiro atoms. The summed E-state index contributed by atoms with van der Waals surface area (Å²) in [6.45, 7) is 6.92. The maximum absolute atomic E-state index is 5.54. The predicted octanol–water partition coefficient (Wildman–Crippen LogP) is 4.11. The van der Waals surface area contributed by atoms with Crippen LogP contribution in [0.2, 0.25) is 0 Å². The van der Waals surface area contributed by atoms with Gasteiger partial charge in [-0.25, -0.2) is 0 Å². The lowest BCUT2D eigenvalue weighted by molar-refractivity contribution is 0.134. The summed E-state index contributed by atoms with van der Waals surface area (Å²) in [5, 5.41) is 3.69. The summed E-state index contributed by atoms with van der Waals surface area (Å²) in [6, 6.07) is 15.7. The molecule has 1 unspecified atom stereocenters. The highest BCUT2D eigenvalue weighted by atomic mass is 16.5. The Labute approximate surface area is 127 Å². The third-order valence-electron chi connectivity index (χ3n) is 4.18. The summed E-state index contributed by atoms with van der Waals surface area (Å²) in [4.78, 5) is 0. The lowest BCUT2D eigenvalue weighted by Crippen LogP contribution is -2.24. The van der Waals surface area contributed by atoms with Gasteiger partial charge in [-0.1, -0.05) is 49.4 Å². The van der Waals surface area contributed by atoms with Crippen LogP contribution in [-0.4, -0.2) is 6.54 Å². The normalized spacial score (nSPS) is 15.0. The van der Waals surface area contributed by atoms with Crippen LogP contribution in [0.15, 0.2) is 42.5 Å². The monoisotopic (exact) mass is 281 g/mol. The largest absolute Gasteiger partial charge is 0.372 e. The van der Waals surface area contributed by atoms with E-state index in [1.165, 1.54) is 27.8 Å². The number of hydrogen-bond donors (Lipinski definition) is 1. The first-order chi connectivity index (χ1) is 10.3. The van der Waals surface area contributed by atoms with Crippen molar-refractivity contribution in [2.75, 3.05) is 6.54 Å². The molecule has 3 rings (SSSR count). The number of hydrogen-bond acceptors (Lipinski definition) is 2. The van der Waals surface area contributed by atoms with Crippen molar-refractivity contribution in [3.8, 4) is 0 Å². The summed E-state index contributed by atoms with van der Waals surface area (Å²) in [7, 11) is 0. The first-order valence-electron chi connectivity index (χ1n) is 7.78. The Bertz CT molecular complexity index is 621. The standard InChI is InChI=1S/C19H23NO/c1-3-10-20-19(18-7-5-4-6-14(18)2)15-8-9-16-12-21-13-17(16)11-15/h4-9,11,19-20H,3,10,12-13H2,1-2H3. The summed E-state index contributed by atoms with van der Waals surface area (Å²) < 4.78 is 5.54. The van der Waals surface area contributed by atoms with E-state index in [0.717, 1.165) is 26.2 Å². The van der Waals surface area contributed by atoms with Gasteiger partial charge in [0.25, 0.3) is 0 Å². The Hall–Kier alpha value is -1.64. The van der Waals surface area contributed by atoms with E-state index >= 15 is 0 Å². The molecule has 0 aliphatic carbocycles. The minimum absolute atomic E-state index is 0.261. The van der Waals surface area contributed by atoms with E-state index in [1.807, 2.05) is 0 Å². The molecule has 1 aliphatic rings. The highest BCUT2D eigenvalue weighted by molar-refractivity contribution is 5.41. The summed E-state index contributed by atoms with van der Waals surface area (Å²) >= 11 is 0. The molecule has 1 N–H and O–H groups in total. The maximum atomic E-state index is 5.54. The number of aryl methyl sites for hydroxylation is 1. The Morgan fingerprint density at radius 3 is 2.71 bits per heavy atom. The molecule has 2 aromatic carbocycles. The van der Waals surface area contributed by atoms with Gasteiger partial charge < -0.3 is 10.1 Å². The number of ether oxygens (including phenoxy) is 1. The van der Waals surface area contributed by atoms with E-state index < -0.39 is 0 Å². The molecule has 0 bridgehead atoms. The van der Waals surface area contributed by atoms with Crippen molar-refractivity contribution in [3.05, 3.63) is 70.3 Å². The van der Waals surface area contributed by atoms with Crippen molar-refractivity contribution >= 4 is 0 Å². The highest BCUT2D eigenvalue weighted by Gasteiger charge is 2.18. The van der Waals surface area contributed by atoms with Crippen molar-refractivity contribution in [2.24, 2.45) is 0 Å². The predicted molar refractivity (Wildman–Crippen MR) is 86.3 cm³/mol. The molecular weight excluding hydrogens is 258 g/mol. The average molecular weight is 281 g/mol. The van der Waals surface area contributed by atoms with Crippen LogP contribution in [0.1, 0.15) is 47.2 Å². The fourth-order valence-corrected chi connectivity index (χ4v) is 2.98. The third-order valence-corrected chi connectivity index (χ3v) is 4.18. The lowest BCUT2D eigenvalue weighted by Gasteiger charge is -2.22. The van der Waals surface area contributed by atoms with Gasteiger partial charge in [-0.3, -0.25) is 0 Å². The van der Waals surface area contributed by atoms with E-state index in [0.29, 0.717) is 0 Å². The highest BCUT2D eigenvalue weighted by Crippen LogP contribution is 2.29. The maximum Gasteiger partial charge on any atom is 0.0725 e. The molecule has 2 heteroatoms. The number of nitrogens with one attached hydrogen (secondary N) is 1. The molecule has 0 fully saturated rings. The zero-order valence-corrected chi connectivity index (χ0v) is 12.9. The molecule has 1 atom stereocenters. The van der Waals surface area contributed by atoms with E-state index in [2.05, 4.69) is 61.6 Å². The molecule has 1 heterocycles. The van der Waals surface area contributed by atoms with Gasteiger partial charge in [-0.2, -0.15) is 0 Å². The lowest BCUT2D eigenvalue weighted by atomic mass is 9.93. The first-order valence-corrected chi connectivity index (χ1v) is 7.78. The van der Waals surface area contributed by atoms with Gasteiger partial charge in [0.1, 0.15) is 0 Å². The van der Waals surface area contributed by atoms with Crippen LogP contribution < -0.4 is 5.32 Å². The molecule has 0 saturated carbocycles. The van der Waals surface area contributed by atoms with E-state index in [4.69, 9.17) is 4.74 Å². The molecule has 110 valence electrons. The number of rotatable bonds is 5. The van der Waals surface area contributed by atoms with Crippen LogP contribution in [-0.2, 0) is 18.0 Å². The molecule has 2 nitrogen and oxygen atoms in total. The van der Waals surface area contributed by atoms with Crippen LogP contribution in [0, 0.1) is 6.92 Å². The molecule has 0 aromatic heterocycles. The van der Waals surface area contributed by atoms with Gasteiger partial charge in [0.15, 0.2) is 0 Å². The Kier molecular flexibility index (Phi) is 4.37. The van der Waals surface area contributed by atoms with Gasteiger partial charge in [0, 0.05) is 0 Å². The zero-order chi connectivity index (χ0) is 14.7. The molecule has 0 amide bonds. The second-order valence-electron chi connectivity index (χ2n) is 5.76. The molecule has 1 aliphatic heterocycles. The average Bonchev–Trinajstić information content (AvgIpc) is 2.97. The second kappa shape index (κ2) is 6.42. The molecule has 0 radical (unpaired) electrons. The fraction of sp³-hybridized carbons (Fsp3) is 0.368. The molecule has 21 heavy (non-hydrogen) atoms. The summed E-state index contributed by atoms with van der Waals surface area (Å²) in [5.41, 5.74) is 6.71. The third kappa shape index (κ3) is 3.02. The van der Waals surface area contributed by atoms with E-state index in [9.17, 15) is 0 Å². The number of fused-ring (bicyclic) bond motifs is 1. The van der Waals surface area contributed by atoms with Crippen LogP contribution in [0.3, 0.4) is 0 Å². The van der Waals surface area contributed by atoms with Crippen molar-refractivity contribution < 1.29 is 4.74 Å². The van der Waals surface area contributed by atoms with Crippen molar-refractivity contribution in [3.63, 3.8) is 0 Å². The van der Waals surface area contributed by atoms with E-state index in [1.54, 1.807) is 0 Å². The molecular formula is C19H23NO. The van der Waals surface area contributed by atoms with Crippen LogP contribution in [0.5, 0.6) is 0 Å². The van der Waals surface area contributed by atoms with Gasteiger partial charge in [-0.15, -0.1) is 0 Å². The van der Waals surface area contributed by atoms with Crippen molar-refractivity contribution in [2.45, 2.75) is 39.5 Å². The van der Waals surface area contributed by atoms with Crippen molar-refractivity contribution in [1.29, 1.82) is 0 Å². The smallest absolute Gasteiger partial charge is 0.0725 e. The minimum Gasteiger partial charge on any atom is -0.372 e. The molecule has 0 saturated heterocycles. The topological polar surface area (TPSA) is 21.3 Å². The van der Waals surface area contributed by atoms with E-state index in [-0.39, 0.29) is 6.04 Å². The fourth-order valence-electron chi connectivity index (χ4n) is 2.98. The van der Waals surface area contributed by atoms with Crippen LogP contribution in [0.4, 0.5) is 0 Å². The molecule has 2 aromatic rings. The summed E-state index contributed by atoms with van der Waals surface area (Å²) in [6.07, 6.45) is 1.14. The van der Waals surface area contributed by atoms with Crippen LogP contribution >= 0.6 is 0 Å². The SMILES string of the molecule is CCCNC(c1ccc2c(c1)COC2)c1ccccc1C. The van der Waals surface area contributed by atoms with Gasteiger partial charge in [-0.05, 0) is 47.7 Å². The van der Waals surface area contributed by atoms with Gasteiger partial charge >= 0.3 is 0 Å². The van der Waals surface area contributed by atoms with Crippen LogP contribution in [0.25, 0.3) is 0 Å². The van der Waals surface area contributed by atoms with Gasteiger partial charge in [0.2, 0.25) is 0 Å². The minimum atomic E-state index is 0.261. The Balaban J connectivity index is 1.97.